The van der Waals surface area contributed by atoms with E-state index in [0.29, 0.717) is 53.8 Å². The topological polar surface area (TPSA) is 181 Å². The van der Waals surface area contributed by atoms with Gasteiger partial charge in [0, 0.05) is 10.0 Å². The monoisotopic (exact) mass is 1080 g/mol. The smallest absolute Gasteiger partial charge is 0.344 e. The average Bonchev–Trinajstić information content (AvgIpc) is 3.03. The molecule has 49 heavy (non-hydrogen) atoms. The van der Waals surface area contributed by atoms with Crippen molar-refractivity contribution in [1.82, 2.24) is 0 Å². The Labute approximate surface area is 340 Å². The van der Waals surface area contributed by atoms with Gasteiger partial charge in [0.25, 0.3) is 0 Å². The van der Waals surface area contributed by atoms with Crippen molar-refractivity contribution < 1.29 is 39.5 Å². The molecule has 0 amide bonds. The molecule has 0 aliphatic carbocycles. The maximum absolute atomic E-state index is 10.5. The first-order valence-corrected chi connectivity index (χ1v) is 17.9. The Balaban J connectivity index is 0.000000328. The largest absolute Gasteiger partial charge is 0.506 e. The number of carboxylic acids is 2. The average molecular weight is 1080 g/mol. The van der Waals surface area contributed by atoms with E-state index in [2.05, 4.69) is 31.9 Å². The molecular weight excluding hydrogens is 1060 g/mol. The summed E-state index contributed by atoms with van der Waals surface area (Å²) >= 11 is 27.3. The maximum atomic E-state index is 10.5. The second-order valence-corrected chi connectivity index (χ2v) is 14.4. The molecule has 1 unspecified atom stereocenters. The van der Waals surface area contributed by atoms with Crippen LogP contribution in [0.3, 0.4) is 0 Å². The van der Waals surface area contributed by atoms with Crippen LogP contribution in [0.2, 0.25) is 15.1 Å². The van der Waals surface area contributed by atoms with Crippen molar-refractivity contribution in [2.75, 3.05) is 6.61 Å². The van der Waals surface area contributed by atoms with Gasteiger partial charge in [-0.2, -0.15) is 10.5 Å². The number of phenols is 2. The van der Waals surface area contributed by atoms with Crippen LogP contribution in [0, 0.1) is 36.7 Å². The Bertz CT molecular complexity index is 1780. The highest BCUT2D eigenvalue weighted by atomic mass is 127. The fourth-order valence-electron chi connectivity index (χ4n) is 2.99. The van der Waals surface area contributed by atoms with E-state index in [0.717, 1.165) is 5.56 Å². The molecule has 0 aliphatic heterocycles. The summed E-state index contributed by atoms with van der Waals surface area (Å²) in [6, 6.07) is 20.0. The van der Waals surface area contributed by atoms with Crippen molar-refractivity contribution in [3.8, 4) is 35.1 Å². The third kappa shape index (κ3) is 16.2. The molecule has 10 nitrogen and oxygen atoms in total. The van der Waals surface area contributed by atoms with Crippen LogP contribution in [0.5, 0.6) is 23.0 Å². The number of nitriles is 2. The summed E-state index contributed by atoms with van der Waals surface area (Å²) in [5.74, 6) is -0.808. The quantitative estimate of drug-likeness (QED) is 0.136. The molecule has 0 saturated carbocycles. The van der Waals surface area contributed by atoms with Gasteiger partial charge in [-0.05, 0) is 157 Å². The van der Waals surface area contributed by atoms with E-state index in [4.69, 9.17) is 65.0 Å². The van der Waals surface area contributed by atoms with Crippen LogP contribution in [-0.4, -0.2) is 45.1 Å². The van der Waals surface area contributed by atoms with E-state index in [1.807, 2.05) is 64.2 Å². The third-order valence-corrected chi connectivity index (χ3v) is 8.94. The normalized spacial score (nSPS) is 10.2. The van der Waals surface area contributed by atoms with Crippen molar-refractivity contribution >= 4 is 124 Å². The SMILES string of the molecule is CC(Oc1ccc(Cl)cc1Cl)C(=O)O.Cc1cc(Cl)ccc1OCC(=O)O.N#Cc1cc(Br)c(O)c(Br)c1.N#Cc1cc(I)c(O)c(I)c1. The van der Waals surface area contributed by atoms with E-state index >= 15 is 0 Å². The number of hydrogen-bond donors (Lipinski definition) is 4. The molecule has 0 spiro atoms. The number of ether oxygens (including phenoxy) is 2. The molecule has 0 aromatic heterocycles. The minimum Gasteiger partial charge on any atom is -0.506 e. The summed E-state index contributed by atoms with van der Waals surface area (Å²) in [5, 5.41) is 53.9. The Hall–Kier alpha value is -2.71. The maximum Gasteiger partial charge on any atom is 0.344 e. The number of rotatable bonds is 6. The number of nitrogens with zero attached hydrogens (tertiary/aromatic N) is 2. The van der Waals surface area contributed by atoms with Crippen LogP contribution in [0.1, 0.15) is 23.6 Å². The van der Waals surface area contributed by atoms with Crippen LogP contribution in [0.4, 0.5) is 0 Å². The first-order chi connectivity index (χ1) is 22.9. The molecule has 0 aliphatic rings. The standard InChI is InChI=1S/C9H8Cl2O3.C9H9ClO3.C7H3Br2NO.C7H3I2NO/c1-5(9(12)13)14-8-3-2-6(10)4-7(8)11;1-6-4-7(10)2-3-8(6)13-5-9(11)12;2*8-5-1-4(3-10)2-6(9)7(5)11/h2-5H,1H3,(H,12,13);2-4H,5H2,1H3,(H,11,12);2*1-2,11H. The lowest BCUT2D eigenvalue weighted by Crippen LogP contribution is -2.22. The number of carbonyl (C=O) groups is 2. The highest BCUT2D eigenvalue weighted by molar-refractivity contribution is 14.1. The molecule has 0 bridgehead atoms. The molecule has 0 fully saturated rings. The molecule has 0 radical (unpaired) electrons. The molecule has 4 aromatic carbocycles. The minimum absolute atomic E-state index is 0.115. The molecule has 0 saturated heterocycles. The second-order valence-electron chi connectivity index (χ2n) is 9.07. The van der Waals surface area contributed by atoms with Gasteiger partial charge in [-0.25, -0.2) is 9.59 Å². The van der Waals surface area contributed by atoms with Gasteiger partial charge in [-0.15, -0.1) is 0 Å². The lowest BCUT2D eigenvalue weighted by atomic mass is 10.2. The van der Waals surface area contributed by atoms with Crippen LogP contribution in [0.15, 0.2) is 69.6 Å². The zero-order valence-corrected chi connectivity index (χ0v) is 34.8. The third-order valence-electron chi connectivity index (χ3n) is 5.33. The first-order valence-electron chi connectivity index (χ1n) is 13.0. The van der Waals surface area contributed by atoms with Gasteiger partial charge in [0.1, 0.15) is 23.0 Å². The number of aryl methyl sites for hydroxylation is 1. The summed E-state index contributed by atoms with van der Waals surface area (Å²) in [4.78, 5) is 20.7. The Morgan fingerprint density at radius 1 is 0.816 bits per heavy atom. The number of benzene rings is 4. The van der Waals surface area contributed by atoms with E-state index in [1.165, 1.54) is 19.1 Å². The Kier molecular flexibility index (Phi) is 20.1. The number of aromatic hydroxyl groups is 2. The van der Waals surface area contributed by atoms with Crippen molar-refractivity contribution in [3.05, 3.63) is 109 Å². The number of halogens is 7. The van der Waals surface area contributed by atoms with E-state index in [-0.39, 0.29) is 18.1 Å². The van der Waals surface area contributed by atoms with Gasteiger partial charge in [0.05, 0.1) is 44.4 Å². The zero-order valence-electron chi connectivity index (χ0n) is 25.0. The summed E-state index contributed by atoms with van der Waals surface area (Å²) < 4.78 is 12.5. The highest BCUT2D eigenvalue weighted by Crippen LogP contribution is 2.33. The predicted molar refractivity (Wildman–Crippen MR) is 210 cm³/mol. The number of aliphatic carboxylic acids is 2. The summed E-state index contributed by atoms with van der Waals surface area (Å²) in [6.07, 6.45) is -0.936. The highest BCUT2D eigenvalue weighted by Gasteiger charge is 2.14. The molecule has 258 valence electrons. The molecule has 1 atom stereocenters. The number of phenolic OH excluding ortho intramolecular Hbond substituents is 2. The van der Waals surface area contributed by atoms with Crippen molar-refractivity contribution in [1.29, 1.82) is 10.5 Å². The second kappa shape index (κ2) is 22.2. The molecule has 4 N–H and O–H groups in total. The van der Waals surface area contributed by atoms with E-state index in [9.17, 15) is 19.8 Å². The Morgan fingerprint density at radius 2 is 1.29 bits per heavy atom. The van der Waals surface area contributed by atoms with Gasteiger partial charge in [0.2, 0.25) is 0 Å². The van der Waals surface area contributed by atoms with Gasteiger partial charge in [-0.3, -0.25) is 0 Å². The lowest BCUT2D eigenvalue weighted by Gasteiger charge is -2.11. The van der Waals surface area contributed by atoms with E-state index in [1.54, 1.807) is 48.5 Å². The van der Waals surface area contributed by atoms with Crippen molar-refractivity contribution in [2.45, 2.75) is 20.0 Å². The minimum atomic E-state index is -1.05. The van der Waals surface area contributed by atoms with Gasteiger partial charge < -0.3 is 29.9 Å². The number of hydrogen-bond acceptors (Lipinski definition) is 8. The summed E-state index contributed by atoms with van der Waals surface area (Å²) in [7, 11) is 0. The molecule has 17 heteroatoms. The summed E-state index contributed by atoms with van der Waals surface area (Å²) in [6.45, 7) is 2.90. The van der Waals surface area contributed by atoms with Crippen LogP contribution < -0.4 is 9.47 Å². The van der Waals surface area contributed by atoms with Crippen LogP contribution >= 0.6 is 112 Å². The number of carboxylic acid groups (broad SMARTS) is 2. The van der Waals surface area contributed by atoms with Gasteiger partial charge in [-0.1, -0.05) is 34.8 Å². The fourth-order valence-corrected chi connectivity index (χ4v) is 6.62. The fraction of sp³-hybridized carbons (Fsp3) is 0.125. The first kappa shape index (κ1) is 44.3. The molecule has 4 rings (SSSR count). The molecular formula is C32H23Br2Cl3I2N2O8. The van der Waals surface area contributed by atoms with Gasteiger partial charge in [0.15, 0.2) is 12.7 Å². The lowest BCUT2D eigenvalue weighted by molar-refractivity contribution is -0.144. The molecule has 0 heterocycles. The Morgan fingerprint density at radius 3 is 1.71 bits per heavy atom. The molecule has 4 aromatic rings. The van der Waals surface area contributed by atoms with Crippen LogP contribution in [-0.2, 0) is 9.59 Å². The van der Waals surface area contributed by atoms with Gasteiger partial charge >= 0.3 is 11.9 Å². The zero-order chi connectivity index (χ0) is 37.4. The van der Waals surface area contributed by atoms with Crippen molar-refractivity contribution in [3.63, 3.8) is 0 Å². The van der Waals surface area contributed by atoms with Crippen LogP contribution in [0.25, 0.3) is 0 Å². The predicted octanol–water partition coefficient (Wildman–Crippen LogP) is 10.2. The van der Waals surface area contributed by atoms with E-state index < -0.39 is 18.0 Å². The van der Waals surface area contributed by atoms with Crippen molar-refractivity contribution in [2.24, 2.45) is 0 Å². The summed E-state index contributed by atoms with van der Waals surface area (Å²) in [5.41, 5.74) is 1.91.